The zero-order valence-corrected chi connectivity index (χ0v) is 9.74. The molecule has 0 saturated heterocycles. The molecular formula is C10H13N3O2S. The molecule has 16 heavy (non-hydrogen) atoms. The average molecular weight is 239 g/mol. The number of nitrogens with one attached hydrogen (secondary N) is 1. The van der Waals surface area contributed by atoms with E-state index >= 15 is 0 Å². The van der Waals surface area contributed by atoms with Gasteiger partial charge in [0.05, 0.1) is 6.07 Å². The van der Waals surface area contributed by atoms with Crippen LogP contribution in [0.25, 0.3) is 0 Å². The molecule has 0 aliphatic rings. The number of hydrogen-bond donors (Lipinski definition) is 1. The van der Waals surface area contributed by atoms with Crippen LogP contribution < -0.4 is 4.72 Å². The maximum Gasteiger partial charge on any atom is 0.228 e. The molecule has 1 rings (SSSR count). The smallest absolute Gasteiger partial charge is 0.228 e. The Kier molecular flexibility index (Phi) is 4.40. The largest absolute Gasteiger partial charge is 0.265 e. The molecule has 0 aliphatic carbocycles. The predicted molar refractivity (Wildman–Crippen MR) is 59.7 cm³/mol. The van der Waals surface area contributed by atoms with Crippen LogP contribution in [-0.2, 0) is 16.6 Å². The number of nitrogens with zero attached hydrogens (tertiary/aromatic N) is 2. The molecule has 1 N–H and O–H groups in total. The minimum absolute atomic E-state index is 0.184. The normalized spacial score (nSPS) is 13.0. The molecule has 1 unspecified atom stereocenters. The van der Waals surface area contributed by atoms with Crippen molar-refractivity contribution < 1.29 is 8.42 Å². The second kappa shape index (κ2) is 5.58. The first-order valence-corrected chi connectivity index (χ1v) is 6.41. The van der Waals surface area contributed by atoms with E-state index in [4.69, 9.17) is 5.26 Å². The molecule has 0 fully saturated rings. The van der Waals surface area contributed by atoms with E-state index in [-0.39, 0.29) is 13.0 Å². The third kappa shape index (κ3) is 3.29. The van der Waals surface area contributed by atoms with Gasteiger partial charge in [0.15, 0.2) is 5.25 Å². The molecule has 1 heterocycles. The molecule has 1 aromatic heterocycles. The monoisotopic (exact) mass is 239 g/mol. The minimum atomic E-state index is -3.55. The van der Waals surface area contributed by atoms with Crippen LogP contribution in [0.5, 0.6) is 0 Å². The second-order valence-electron chi connectivity index (χ2n) is 3.25. The highest BCUT2D eigenvalue weighted by Crippen LogP contribution is 2.04. The van der Waals surface area contributed by atoms with E-state index < -0.39 is 15.3 Å². The Balaban J connectivity index is 2.66. The van der Waals surface area contributed by atoms with Crippen molar-refractivity contribution in [2.75, 3.05) is 0 Å². The third-order valence-electron chi connectivity index (χ3n) is 2.12. The van der Waals surface area contributed by atoms with Crippen molar-refractivity contribution in [3.8, 4) is 6.07 Å². The number of hydrogen-bond acceptors (Lipinski definition) is 4. The van der Waals surface area contributed by atoms with Gasteiger partial charge in [-0.3, -0.25) is 4.98 Å². The first-order valence-electron chi connectivity index (χ1n) is 4.87. The van der Waals surface area contributed by atoms with Crippen LogP contribution >= 0.6 is 0 Å². The Morgan fingerprint density at radius 1 is 1.50 bits per heavy atom. The van der Waals surface area contributed by atoms with Crippen LogP contribution in [0.1, 0.15) is 18.9 Å². The highest BCUT2D eigenvalue weighted by Gasteiger charge is 2.22. The van der Waals surface area contributed by atoms with Gasteiger partial charge in [-0.1, -0.05) is 6.92 Å². The lowest BCUT2D eigenvalue weighted by molar-refractivity contribution is 0.572. The van der Waals surface area contributed by atoms with Crippen LogP contribution in [0.2, 0.25) is 0 Å². The van der Waals surface area contributed by atoms with E-state index in [1.807, 2.05) is 0 Å². The summed E-state index contributed by atoms with van der Waals surface area (Å²) in [7, 11) is -3.55. The summed E-state index contributed by atoms with van der Waals surface area (Å²) >= 11 is 0. The highest BCUT2D eigenvalue weighted by molar-refractivity contribution is 7.90. The van der Waals surface area contributed by atoms with Crippen molar-refractivity contribution in [1.29, 1.82) is 5.26 Å². The zero-order chi connectivity index (χ0) is 12.0. The molecule has 0 aliphatic heterocycles. The summed E-state index contributed by atoms with van der Waals surface area (Å²) in [6, 6.07) is 5.20. The Hall–Kier alpha value is -1.45. The third-order valence-corrected chi connectivity index (χ3v) is 3.85. The fourth-order valence-corrected chi connectivity index (χ4v) is 2.31. The lowest BCUT2D eigenvalue weighted by Crippen LogP contribution is -2.32. The van der Waals surface area contributed by atoms with Crippen molar-refractivity contribution in [2.24, 2.45) is 0 Å². The van der Waals surface area contributed by atoms with Crippen LogP contribution in [0.15, 0.2) is 24.5 Å². The standard InChI is InChI=1S/C10H13N3O2S/c1-2-10(7-11)16(14,15)13-8-9-3-5-12-6-4-9/h3-6,10,13H,2,8H2,1H3. The summed E-state index contributed by atoms with van der Waals surface area (Å²) in [6.07, 6.45) is 3.46. The first kappa shape index (κ1) is 12.6. The summed E-state index contributed by atoms with van der Waals surface area (Å²) in [5.41, 5.74) is 0.811. The Morgan fingerprint density at radius 3 is 2.62 bits per heavy atom. The lowest BCUT2D eigenvalue weighted by atomic mass is 10.3. The molecule has 5 nitrogen and oxygen atoms in total. The van der Waals surface area contributed by atoms with E-state index in [2.05, 4.69) is 9.71 Å². The van der Waals surface area contributed by atoms with Gasteiger partial charge in [0.25, 0.3) is 0 Å². The molecule has 0 amide bonds. The fraction of sp³-hybridized carbons (Fsp3) is 0.400. The predicted octanol–water partition coefficient (Wildman–Crippen LogP) is 0.803. The average Bonchev–Trinajstić information content (AvgIpc) is 2.29. The van der Waals surface area contributed by atoms with Gasteiger partial charge in [-0.15, -0.1) is 0 Å². The van der Waals surface area contributed by atoms with Crippen LogP contribution in [0.3, 0.4) is 0 Å². The molecule has 0 aromatic carbocycles. The van der Waals surface area contributed by atoms with E-state index in [9.17, 15) is 8.42 Å². The van der Waals surface area contributed by atoms with Gasteiger partial charge in [0, 0.05) is 18.9 Å². The molecule has 0 radical (unpaired) electrons. The van der Waals surface area contributed by atoms with Crippen LogP contribution in [-0.4, -0.2) is 18.7 Å². The molecular weight excluding hydrogens is 226 g/mol. The number of nitriles is 1. The van der Waals surface area contributed by atoms with Crippen LogP contribution in [0.4, 0.5) is 0 Å². The summed E-state index contributed by atoms with van der Waals surface area (Å²) in [6.45, 7) is 1.85. The Bertz CT molecular complexity index is 465. The zero-order valence-electron chi connectivity index (χ0n) is 8.92. The summed E-state index contributed by atoms with van der Waals surface area (Å²) in [4.78, 5) is 3.83. The highest BCUT2D eigenvalue weighted by atomic mass is 32.2. The van der Waals surface area contributed by atoms with E-state index in [1.54, 1.807) is 37.5 Å². The van der Waals surface area contributed by atoms with E-state index in [0.29, 0.717) is 0 Å². The number of sulfonamides is 1. The van der Waals surface area contributed by atoms with Gasteiger partial charge in [0.2, 0.25) is 10.0 Å². The Morgan fingerprint density at radius 2 is 2.12 bits per heavy atom. The van der Waals surface area contributed by atoms with Gasteiger partial charge >= 0.3 is 0 Å². The van der Waals surface area contributed by atoms with Gasteiger partial charge in [-0.25, -0.2) is 13.1 Å². The topological polar surface area (TPSA) is 82.8 Å². The van der Waals surface area contributed by atoms with Crippen LogP contribution in [0, 0.1) is 11.3 Å². The summed E-state index contributed by atoms with van der Waals surface area (Å²) < 4.78 is 25.6. The van der Waals surface area contributed by atoms with E-state index in [1.165, 1.54) is 0 Å². The van der Waals surface area contributed by atoms with Gasteiger partial charge in [-0.05, 0) is 24.1 Å². The molecule has 86 valence electrons. The quantitative estimate of drug-likeness (QED) is 0.824. The Labute approximate surface area is 95.2 Å². The van der Waals surface area contributed by atoms with E-state index in [0.717, 1.165) is 5.56 Å². The summed E-state index contributed by atoms with van der Waals surface area (Å²) in [5.74, 6) is 0. The molecule has 0 bridgehead atoms. The number of rotatable bonds is 5. The molecule has 6 heteroatoms. The maximum atomic E-state index is 11.6. The van der Waals surface area contributed by atoms with Crippen molar-refractivity contribution in [3.63, 3.8) is 0 Å². The molecule has 0 saturated carbocycles. The lowest BCUT2D eigenvalue weighted by Gasteiger charge is -2.09. The molecule has 1 aromatic rings. The van der Waals surface area contributed by atoms with Crippen molar-refractivity contribution in [2.45, 2.75) is 25.1 Å². The summed E-state index contributed by atoms with van der Waals surface area (Å²) in [5, 5.41) is 7.69. The molecule has 0 spiro atoms. The van der Waals surface area contributed by atoms with Crippen molar-refractivity contribution in [1.82, 2.24) is 9.71 Å². The molecule has 1 atom stereocenters. The minimum Gasteiger partial charge on any atom is -0.265 e. The number of pyridine rings is 1. The van der Waals surface area contributed by atoms with Crippen molar-refractivity contribution >= 4 is 10.0 Å². The SMILES string of the molecule is CCC(C#N)S(=O)(=O)NCc1ccncc1. The first-order chi connectivity index (χ1) is 7.60. The fourth-order valence-electron chi connectivity index (χ4n) is 1.17. The van der Waals surface area contributed by atoms with Gasteiger partial charge in [0.1, 0.15) is 0 Å². The maximum absolute atomic E-state index is 11.6. The second-order valence-corrected chi connectivity index (χ2v) is 5.20. The number of aromatic nitrogens is 1. The van der Waals surface area contributed by atoms with Gasteiger partial charge < -0.3 is 0 Å². The van der Waals surface area contributed by atoms with Gasteiger partial charge in [-0.2, -0.15) is 5.26 Å². The van der Waals surface area contributed by atoms with Crippen molar-refractivity contribution in [3.05, 3.63) is 30.1 Å².